The molecule has 1 N–H and O–H groups in total. The number of rotatable bonds is 5. The van der Waals surface area contributed by atoms with Crippen molar-refractivity contribution >= 4 is 29.1 Å². The fourth-order valence-electron chi connectivity index (χ4n) is 1.76. The summed E-state index contributed by atoms with van der Waals surface area (Å²) in [4.78, 5) is 16.0. The van der Waals surface area contributed by atoms with Gasteiger partial charge in [-0.25, -0.2) is 4.98 Å². The van der Waals surface area contributed by atoms with E-state index in [4.69, 9.17) is 27.6 Å². The van der Waals surface area contributed by atoms with Crippen molar-refractivity contribution in [3.05, 3.63) is 52.2 Å². The van der Waals surface area contributed by atoms with Gasteiger partial charge in [0.2, 0.25) is 0 Å². The molecule has 0 bridgehead atoms. The molecule has 0 aliphatic rings. The number of halogens is 2. The summed E-state index contributed by atoms with van der Waals surface area (Å²) in [6.07, 6.45) is 3.15. The molecule has 2 rings (SSSR count). The molecule has 0 aliphatic carbocycles. The summed E-state index contributed by atoms with van der Waals surface area (Å²) in [5.74, 6) is 0.564. The highest BCUT2D eigenvalue weighted by molar-refractivity contribution is 6.34. The third-order valence-electron chi connectivity index (χ3n) is 2.81. The Kier molecular flexibility index (Phi) is 5.04. The van der Waals surface area contributed by atoms with Crippen molar-refractivity contribution in [1.82, 2.24) is 10.3 Å². The molecule has 106 valence electrons. The van der Waals surface area contributed by atoms with Gasteiger partial charge in [0.15, 0.2) is 0 Å². The highest BCUT2D eigenvalue weighted by atomic mass is 35.5. The van der Waals surface area contributed by atoms with Crippen molar-refractivity contribution in [1.29, 1.82) is 0 Å². The topological polar surface area (TPSA) is 55.1 Å². The van der Waals surface area contributed by atoms with E-state index in [0.717, 1.165) is 18.6 Å². The van der Waals surface area contributed by atoms with Crippen molar-refractivity contribution in [3.63, 3.8) is 0 Å². The molecule has 2 aromatic rings. The predicted octanol–water partition coefficient (Wildman–Crippen LogP) is 3.73. The van der Waals surface area contributed by atoms with E-state index in [1.165, 1.54) is 0 Å². The Labute approximate surface area is 127 Å². The Morgan fingerprint density at radius 3 is 2.90 bits per heavy atom. The minimum Gasteiger partial charge on any atom is -0.469 e. The molecule has 2 heterocycles. The van der Waals surface area contributed by atoms with E-state index < -0.39 is 0 Å². The number of pyridine rings is 1. The van der Waals surface area contributed by atoms with Gasteiger partial charge in [-0.15, -0.1) is 0 Å². The van der Waals surface area contributed by atoms with Crippen LogP contribution in [-0.2, 0) is 6.42 Å². The van der Waals surface area contributed by atoms with E-state index >= 15 is 0 Å². The van der Waals surface area contributed by atoms with Crippen LogP contribution >= 0.6 is 23.2 Å². The molecule has 0 spiro atoms. The van der Waals surface area contributed by atoms with Crippen molar-refractivity contribution in [3.8, 4) is 0 Å². The first-order chi connectivity index (χ1) is 9.56. The van der Waals surface area contributed by atoms with Gasteiger partial charge in [0, 0.05) is 12.5 Å². The van der Waals surface area contributed by atoms with Crippen LogP contribution in [0, 0.1) is 0 Å². The van der Waals surface area contributed by atoms with Crippen LogP contribution in [0.2, 0.25) is 10.2 Å². The van der Waals surface area contributed by atoms with E-state index in [1.54, 1.807) is 18.4 Å². The molecule has 1 amide bonds. The van der Waals surface area contributed by atoms with Crippen LogP contribution in [0.3, 0.4) is 0 Å². The molecule has 1 unspecified atom stereocenters. The number of amides is 1. The molecule has 4 nitrogen and oxygen atoms in total. The maximum Gasteiger partial charge on any atom is 0.271 e. The summed E-state index contributed by atoms with van der Waals surface area (Å²) in [7, 11) is 0. The van der Waals surface area contributed by atoms with E-state index in [-0.39, 0.29) is 27.8 Å². The van der Waals surface area contributed by atoms with E-state index in [2.05, 4.69) is 10.3 Å². The Morgan fingerprint density at radius 2 is 2.20 bits per heavy atom. The number of hydrogen-bond donors (Lipinski definition) is 1. The largest absolute Gasteiger partial charge is 0.469 e. The average Bonchev–Trinajstić information content (AvgIpc) is 2.92. The van der Waals surface area contributed by atoms with Crippen LogP contribution in [0.5, 0.6) is 0 Å². The molecule has 20 heavy (non-hydrogen) atoms. The summed E-state index contributed by atoms with van der Waals surface area (Å²) < 4.78 is 5.24. The van der Waals surface area contributed by atoms with Crippen LogP contribution in [0.4, 0.5) is 0 Å². The smallest absolute Gasteiger partial charge is 0.271 e. The van der Waals surface area contributed by atoms with Gasteiger partial charge < -0.3 is 9.73 Å². The molecule has 1 atom stereocenters. The maximum absolute atomic E-state index is 12.0. The van der Waals surface area contributed by atoms with Crippen LogP contribution < -0.4 is 5.32 Å². The van der Waals surface area contributed by atoms with Crippen molar-refractivity contribution in [2.75, 3.05) is 0 Å². The van der Waals surface area contributed by atoms with Crippen LogP contribution in [0.1, 0.15) is 29.6 Å². The standard InChI is InChI=1S/C14H14Cl2N2O2/c1-9(4-5-10-3-2-8-20-10)17-14(19)13-11(15)6-7-12(16)18-13/h2-3,6-9H,4-5H2,1H3,(H,17,19). The van der Waals surface area contributed by atoms with Gasteiger partial charge in [0.1, 0.15) is 16.6 Å². The Morgan fingerprint density at radius 1 is 1.40 bits per heavy atom. The fourth-order valence-corrected chi connectivity index (χ4v) is 2.09. The summed E-state index contributed by atoms with van der Waals surface area (Å²) >= 11 is 11.7. The second kappa shape index (κ2) is 6.77. The first kappa shape index (κ1) is 14.9. The molecule has 0 saturated carbocycles. The number of nitrogens with one attached hydrogen (secondary N) is 1. The van der Waals surface area contributed by atoms with Gasteiger partial charge >= 0.3 is 0 Å². The molecular weight excluding hydrogens is 299 g/mol. The third kappa shape index (κ3) is 3.99. The highest BCUT2D eigenvalue weighted by Gasteiger charge is 2.15. The minimum atomic E-state index is -0.329. The monoisotopic (exact) mass is 312 g/mol. The van der Waals surface area contributed by atoms with Crippen LogP contribution in [-0.4, -0.2) is 16.9 Å². The number of carbonyl (C=O) groups is 1. The Hall–Kier alpha value is -1.52. The second-order valence-corrected chi connectivity index (χ2v) is 5.25. The summed E-state index contributed by atoms with van der Waals surface area (Å²) in [6.45, 7) is 1.92. The quantitative estimate of drug-likeness (QED) is 0.856. The number of furan rings is 1. The average molecular weight is 313 g/mol. The molecule has 6 heteroatoms. The summed E-state index contributed by atoms with van der Waals surface area (Å²) in [5, 5.41) is 3.36. The van der Waals surface area contributed by atoms with Crippen molar-refractivity contribution in [2.24, 2.45) is 0 Å². The van der Waals surface area contributed by atoms with Gasteiger partial charge in [0.25, 0.3) is 5.91 Å². The fraction of sp³-hybridized carbons (Fsp3) is 0.286. The molecule has 0 radical (unpaired) electrons. The van der Waals surface area contributed by atoms with E-state index in [0.29, 0.717) is 0 Å². The number of carbonyl (C=O) groups excluding carboxylic acids is 1. The summed E-state index contributed by atoms with van der Waals surface area (Å²) in [5.41, 5.74) is 0.143. The number of aromatic nitrogens is 1. The van der Waals surface area contributed by atoms with Crippen LogP contribution in [0.15, 0.2) is 34.9 Å². The second-order valence-electron chi connectivity index (χ2n) is 4.46. The van der Waals surface area contributed by atoms with E-state index in [9.17, 15) is 4.79 Å². The van der Waals surface area contributed by atoms with Crippen LogP contribution in [0.25, 0.3) is 0 Å². The number of hydrogen-bond acceptors (Lipinski definition) is 3. The lowest BCUT2D eigenvalue weighted by Gasteiger charge is -2.13. The van der Waals surface area contributed by atoms with Gasteiger partial charge in [0.05, 0.1) is 11.3 Å². The van der Waals surface area contributed by atoms with E-state index in [1.807, 2.05) is 19.1 Å². The maximum atomic E-state index is 12.0. The summed E-state index contributed by atoms with van der Waals surface area (Å²) in [6, 6.07) is 6.82. The Balaban J connectivity index is 1.91. The number of nitrogens with zero attached hydrogens (tertiary/aromatic N) is 1. The zero-order chi connectivity index (χ0) is 14.5. The lowest BCUT2D eigenvalue weighted by atomic mass is 10.1. The molecule has 0 aromatic carbocycles. The lowest BCUT2D eigenvalue weighted by molar-refractivity contribution is 0.0933. The predicted molar refractivity (Wildman–Crippen MR) is 78.2 cm³/mol. The molecule has 0 fully saturated rings. The zero-order valence-electron chi connectivity index (χ0n) is 10.9. The van der Waals surface area contributed by atoms with Gasteiger partial charge in [-0.05, 0) is 37.6 Å². The normalized spacial score (nSPS) is 12.2. The highest BCUT2D eigenvalue weighted by Crippen LogP contribution is 2.17. The molecule has 2 aromatic heterocycles. The molecular formula is C14H14Cl2N2O2. The molecule has 0 saturated heterocycles. The first-order valence-corrected chi connectivity index (χ1v) is 6.97. The number of aryl methyl sites for hydroxylation is 1. The van der Waals surface area contributed by atoms with Crippen molar-refractivity contribution < 1.29 is 9.21 Å². The van der Waals surface area contributed by atoms with Gasteiger partial charge in [-0.2, -0.15) is 0 Å². The minimum absolute atomic E-state index is 0.0237. The third-order valence-corrected chi connectivity index (χ3v) is 3.32. The Bertz CT molecular complexity index is 585. The van der Waals surface area contributed by atoms with Gasteiger partial charge in [-0.3, -0.25) is 4.79 Å². The zero-order valence-corrected chi connectivity index (χ0v) is 12.4. The SMILES string of the molecule is CC(CCc1ccco1)NC(=O)c1nc(Cl)ccc1Cl. The van der Waals surface area contributed by atoms with Gasteiger partial charge in [-0.1, -0.05) is 23.2 Å². The molecule has 0 aliphatic heterocycles. The lowest BCUT2D eigenvalue weighted by Crippen LogP contribution is -2.33. The first-order valence-electron chi connectivity index (χ1n) is 6.21. The van der Waals surface area contributed by atoms with Crippen molar-refractivity contribution in [2.45, 2.75) is 25.8 Å².